The van der Waals surface area contributed by atoms with Crippen molar-refractivity contribution >= 4 is 21.8 Å². The Labute approximate surface area is 174 Å². The van der Waals surface area contributed by atoms with E-state index in [4.69, 9.17) is 14.6 Å². The molecule has 0 amide bonds. The number of thioether (sulfide) groups is 1. The van der Waals surface area contributed by atoms with Crippen LogP contribution in [0.1, 0.15) is 6.42 Å². The number of aromatic nitrogens is 3. The van der Waals surface area contributed by atoms with Crippen molar-refractivity contribution in [3.63, 3.8) is 0 Å². The normalized spacial score (nSPS) is 11.4. The van der Waals surface area contributed by atoms with E-state index >= 15 is 0 Å². The Kier molecular flexibility index (Phi) is 6.78. The van der Waals surface area contributed by atoms with Crippen molar-refractivity contribution in [3.8, 4) is 28.6 Å². The number of hydrogen-bond acceptors (Lipinski definition) is 7. The van der Waals surface area contributed by atoms with Crippen LogP contribution in [0.2, 0.25) is 0 Å². The zero-order chi connectivity index (χ0) is 20.9. The highest BCUT2D eigenvalue weighted by atomic mass is 32.2. The molecule has 0 aliphatic heterocycles. The average Bonchev–Trinajstić information content (AvgIpc) is 3.14. The van der Waals surface area contributed by atoms with Gasteiger partial charge in [0, 0.05) is 5.75 Å². The highest BCUT2D eigenvalue weighted by Crippen LogP contribution is 2.33. The molecule has 0 radical (unpaired) electrons. The Bertz CT molecular complexity index is 1070. The van der Waals surface area contributed by atoms with Gasteiger partial charge in [0.15, 0.2) is 11.0 Å². The van der Waals surface area contributed by atoms with Gasteiger partial charge in [-0.15, -0.1) is 10.2 Å². The largest absolute Gasteiger partial charge is 0.497 e. The number of nitrogens with zero attached hydrogens (tertiary/aromatic N) is 3. The van der Waals surface area contributed by atoms with E-state index < -0.39 is 10.0 Å². The fourth-order valence-corrected chi connectivity index (χ4v) is 4.38. The summed E-state index contributed by atoms with van der Waals surface area (Å²) in [6.45, 7) is 0. The van der Waals surface area contributed by atoms with E-state index in [1.165, 1.54) is 11.8 Å². The van der Waals surface area contributed by atoms with Crippen molar-refractivity contribution in [2.75, 3.05) is 25.7 Å². The number of para-hydroxylation sites is 1. The molecule has 154 valence electrons. The molecule has 29 heavy (non-hydrogen) atoms. The maximum atomic E-state index is 11.2. The fourth-order valence-electron chi connectivity index (χ4n) is 2.75. The maximum absolute atomic E-state index is 11.2. The summed E-state index contributed by atoms with van der Waals surface area (Å²) < 4.78 is 35.0. The van der Waals surface area contributed by atoms with Gasteiger partial charge in [-0.25, -0.2) is 13.6 Å². The molecule has 0 saturated heterocycles. The molecule has 1 aromatic heterocycles. The molecule has 0 aliphatic rings. The molecule has 0 bridgehead atoms. The van der Waals surface area contributed by atoms with E-state index in [1.54, 1.807) is 14.2 Å². The number of benzene rings is 2. The number of nitrogens with two attached hydrogens (primary N) is 1. The Morgan fingerprint density at radius 3 is 2.41 bits per heavy atom. The van der Waals surface area contributed by atoms with Gasteiger partial charge in [0.25, 0.3) is 0 Å². The molecule has 0 unspecified atom stereocenters. The van der Waals surface area contributed by atoms with Crippen LogP contribution in [0.25, 0.3) is 17.1 Å². The third-order valence-corrected chi connectivity index (χ3v) is 5.99. The van der Waals surface area contributed by atoms with Gasteiger partial charge < -0.3 is 9.47 Å². The molecule has 3 rings (SSSR count). The molecule has 0 saturated carbocycles. The Hall–Kier alpha value is -2.56. The van der Waals surface area contributed by atoms with Crippen LogP contribution < -0.4 is 14.6 Å². The van der Waals surface area contributed by atoms with Crippen molar-refractivity contribution in [1.29, 1.82) is 0 Å². The molecule has 2 aromatic carbocycles. The first-order valence-electron chi connectivity index (χ1n) is 8.79. The molecule has 0 aliphatic carbocycles. The summed E-state index contributed by atoms with van der Waals surface area (Å²) in [6.07, 6.45) is 0.420. The average molecular weight is 435 g/mol. The lowest BCUT2D eigenvalue weighted by Crippen LogP contribution is -2.16. The van der Waals surface area contributed by atoms with Gasteiger partial charge in [-0.1, -0.05) is 23.9 Å². The van der Waals surface area contributed by atoms with Crippen LogP contribution in [0.15, 0.2) is 53.7 Å². The van der Waals surface area contributed by atoms with E-state index in [1.807, 2.05) is 53.1 Å². The van der Waals surface area contributed by atoms with Gasteiger partial charge in [0.05, 0.1) is 31.2 Å². The van der Waals surface area contributed by atoms with E-state index in [2.05, 4.69) is 10.2 Å². The molecule has 3 aromatic rings. The van der Waals surface area contributed by atoms with Gasteiger partial charge in [-0.3, -0.25) is 4.57 Å². The molecule has 0 atom stereocenters. The third kappa shape index (κ3) is 5.28. The predicted octanol–water partition coefficient (Wildman–Crippen LogP) is 2.72. The van der Waals surface area contributed by atoms with E-state index in [0.717, 1.165) is 17.0 Å². The number of hydrogen-bond donors (Lipinski definition) is 1. The molecular formula is C19H22N4O4S2. The first kappa shape index (κ1) is 21.2. The zero-order valence-corrected chi connectivity index (χ0v) is 17.7. The molecular weight excluding hydrogens is 412 g/mol. The van der Waals surface area contributed by atoms with Crippen LogP contribution >= 0.6 is 11.8 Å². The van der Waals surface area contributed by atoms with E-state index in [9.17, 15) is 8.42 Å². The van der Waals surface area contributed by atoms with Gasteiger partial charge >= 0.3 is 0 Å². The molecule has 0 spiro atoms. The highest BCUT2D eigenvalue weighted by molar-refractivity contribution is 7.99. The second-order valence-corrected chi connectivity index (χ2v) is 8.90. The number of ether oxygens (including phenoxy) is 2. The molecule has 10 heteroatoms. The lowest BCUT2D eigenvalue weighted by molar-refractivity contribution is 0.414. The standard InChI is InChI=1S/C19H22N4O4S2/c1-26-15-10-8-14(9-11-15)23-18(16-6-3-4-7-17(16)27-2)21-22-19(23)28-12-5-13-29(20,24)25/h3-4,6-11H,5,12-13H2,1-2H3,(H2,20,24,25). The number of primary sulfonamides is 1. The topological polar surface area (TPSA) is 109 Å². The van der Waals surface area contributed by atoms with Crippen molar-refractivity contribution < 1.29 is 17.9 Å². The summed E-state index contributed by atoms with van der Waals surface area (Å²) in [5.74, 6) is 2.51. The quantitative estimate of drug-likeness (QED) is 0.407. The summed E-state index contributed by atoms with van der Waals surface area (Å²) in [5, 5.41) is 14.4. The summed E-state index contributed by atoms with van der Waals surface area (Å²) in [7, 11) is -0.263. The molecule has 1 heterocycles. The van der Waals surface area contributed by atoms with Crippen LogP contribution in [0, 0.1) is 0 Å². The van der Waals surface area contributed by atoms with Crippen LogP contribution in [0.4, 0.5) is 0 Å². The highest BCUT2D eigenvalue weighted by Gasteiger charge is 2.19. The number of methoxy groups -OCH3 is 2. The first-order valence-corrected chi connectivity index (χ1v) is 11.5. The minimum absolute atomic E-state index is 0.0734. The second-order valence-electron chi connectivity index (χ2n) is 6.11. The smallest absolute Gasteiger partial charge is 0.209 e. The minimum atomic E-state index is -3.48. The van der Waals surface area contributed by atoms with Crippen LogP contribution in [0.5, 0.6) is 11.5 Å². The zero-order valence-electron chi connectivity index (χ0n) is 16.1. The minimum Gasteiger partial charge on any atom is -0.497 e. The first-order chi connectivity index (χ1) is 13.9. The lowest BCUT2D eigenvalue weighted by atomic mass is 10.2. The second kappa shape index (κ2) is 9.29. The Balaban J connectivity index is 1.99. The molecule has 8 nitrogen and oxygen atoms in total. The van der Waals surface area contributed by atoms with Crippen molar-refractivity contribution in [2.45, 2.75) is 11.6 Å². The van der Waals surface area contributed by atoms with Crippen molar-refractivity contribution in [2.24, 2.45) is 5.14 Å². The SMILES string of the molecule is COc1ccc(-n2c(SCCCS(N)(=O)=O)nnc2-c2ccccc2OC)cc1. The number of rotatable bonds is 9. The molecule has 2 N–H and O–H groups in total. The van der Waals surface area contributed by atoms with E-state index in [0.29, 0.717) is 28.9 Å². The summed E-state index contributed by atoms with van der Waals surface area (Å²) >= 11 is 1.42. The number of sulfonamides is 1. The predicted molar refractivity (Wildman–Crippen MR) is 113 cm³/mol. The summed E-state index contributed by atoms with van der Waals surface area (Å²) in [4.78, 5) is 0. The van der Waals surface area contributed by atoms with Crippen LogP contribution in [-0.2, 0) is 10.0 Å². The summed E-state index contributed by atoms with van der Waals surface area (Å²) in [6, 6.07) is 15.1. The summed E-state index contributed by atoms with van der Waals surface area (Å²) in [5.41, 5.74) is 1.65. The molecule has 0 fully saturated rings. The Morgan fingerprint density at radius 1 is 1.03 bits per heavy atom. The monoisotopic (exact) mass is 434 g/mol. The van der Waals surface area contributed by atoms with Gasteiger partial charge in [0.2, 0.25) is 10.0 Å². The van der Waals surface area contributed by atoms with Crippen LogP contribution in [-0.4, -0.2) is 48.9 Å². The van der Waals surface area contributed by atoms with Gasteiger partial charge in [-0.05, 0) is 42.8 Å². The third-order valence-electron chi connectivity index (χ3n) is 4.12. The fraction of sp³-hybridized carbons (Fsp3) is 0.263. The van der Waals surface area contributed by atoms with E-state index in [-0.39, 0.29) is 5.75 Å². The lowest BCUT2D eigenvalue weighted by Gasteiger charge is -2.13. The van der Waals surface area contributed by atoms with Gasteiger partial charge in [-0.2, -0.15) is 0 Å². The van der Waals surface area contributed by atoms with Crippen molar-refractivity contribution in [1.82, 2.24) is 14.8 Å². The van der Waals surface area contributed by atoms with Gasteiger partial charge in [0.1, 0.15) is 11.5 Å². The Morgan fingerprint density at radius 2 is 1.76 bits per heavy atom. The van der Waals surface area contributed by atoms with Crippen molar-refractivity contribution in [3.05, 3.63) is 48.5 Å². The van der Waals surface area contributed by atoms with Crippen LogP contribution in [0.3, 0.4) is 0 Å². The maximum Gasteiger partial charge on any atom is 0.209 e.